The molecule has 0 spiro atoms. The molecule has 0 saturated heterocycles. The van der Waals surface area contributed by atoms with Crippen molar-refractivity contribution in [3.8, 4) is 11.5 Å². The molecule has 1 rings (SSSR count). The molecule has 0 amide bonds. The molecule has 0 saturated carbocycles. The number of halogens is 2. The topological polar surface area (TPSA) is 52.6 Å². The molecular weight excluding hydrogens is 247 g/mol. The Kier molecular flexibility index (Phi) is 3.41. The second kappa shape index (κ2) is 4.24. The SMILES string of the molecule is COc1ccc(F)c(S(=O)(=O)Cl)c1OC. The first-order valence-corrected chi connectivity index (χ1v) is 6.08. The third-order valence-electron chi connectivity index (χ3n) is 1.70. The molecule has 0 aliphatic heterocycles. The van der Waals surface area contributed by atoms with Crippen LogP contribution in [0.25, 0.3) is 0 Å². The molecule has 0 bridgehead atoms. The van der Waals surface area contributed by atoms with Crippen molar-refractivity contribution in [1.82, 2.24) is 0 Å². The summed E-state index contributed by atoms with van der Waals surface area (Å²) in [7, 11) is 3.36. The van der Waals surface area contributed by atoms with Crippen LogP contribution >= 0.6 is 10.7 Å². The molecule has 0 fully saturated rings. The van der Waals surface area contributed by atoms with Crippen LogP contribution in [0.3, 0.4) is 0 Å². The molecule has 0 aliphatic carbocycles. The zero-order chi connectivity index (χ0) is 11.6. The van der Waals surface area contributed by atoms with Gasteiger partial charge in [-0.1, -0.05) is 0 Å². The minimum Gasteiger partial charge on any atom is -0.493 e. The van der Waals surface area contributed by atoms with Crippen molar-refractivity contribution in [2.45, 2.75) is 4.90 Å². The van der Waals surface area contributed by atoms with Gasteiger partial charge in [-0.3, -0.25) is 0 Å². The fourth-order valence-corrected chi connectivity index (χ4v) is 2.24. The van der Waals surface area contributed by atoms with Crippen molar-refractivity contribution in [2.75, 3.05) is 14.2 Å². The van der Waals surface area contributed by atoms with Gasteiger partial charge in [0.1, 0.15) is 5.82 Å². The molecule has 0 heterocycles. The summed E-state index contributed by atoms with van der Waals surface area (Å²) < 4.78 is 45.0. The number of hydrogen-bond acceptors (Lipinski definition) is 4. The van der Waals surface area contributed by atoms with Crippen LogP contribution in [0.1, 0.15) is 0 Å². The van der Waals surface area contributed by atoms with E-state index in [4.69, 9.17) is 20.2 Å². The Hall–Kier alpha value is -1.01. The van der Waals surface area contributed by atoms with Gasteiger partial charge in [-0.15, -0.1) is 0 Å². The zero-order valence-corrected chi connectivity index (χ0v) is 9.52. The summed E-state index contributed by atoms with van der Waals surface area (Å²) >= 11 is 0. The fraction of sp³-hybridized carbons (Fsp3) is 0.250. The van der Waals surface area contributed by atoms with E-state index in [0.29, 0.717) is 0 Å². The Morgan fingerprint density at radius 2 is 1.87 bits per heavy atom. The van der Waals surface area contributed by atoms with Crippen LogP contribution in [0.15, 0.2) is 17.0 Å². The Labute approximate surface area is 91.0 Å². The van der Waals surface area contributed by atoms with Gasteiger partial charge in [0.2, 0.25) is 0 Å². The van der Waals surface area contributed by atoms with Crippen molar-refractivity contribution in [1.29, 1.82) is 0 Å². The zero-order valence-electron chi connectivity index (χ0n) is 7.95. The Morgan fingerprint density at radius 3 is 2.27 bits per heavy atom. The summed E-state index contributed by atoms with van der Waals surface area (Å²) in [5.74, 6) is -1.13. The lowest BCUT2D eigenvalue weighted by atomic mass is 10.3. The second-order valence-corrected chi connectivity index (χ2v) is 5.05. The molecule has 0 radical (unpaired) electrons. The standard InChI is InChI=1S/C8H8ClFO4S/c1-13-6-4-3-5(10)8(7(6)14-2)15(9,11)12/h3-4H,1-2H3. The highest BCUT2D eigenvalue weighted by atomic mass is 35.7. The van der Waals surface area contributed by atoms with Gasteiger partial charge >= 0.3 is 0 Å². The van der Waals surface area contributed by atoms with Gasteiger partial charge < -0.3 is 9.47 Å². The lowest BCUT2D eigenvalue weighted by molar-refractivity contribution is 0.342. The highest BCUT2D eigenvalue weighted by molar-refractivity contribution is 8.13. The molecule has 7 heteroatoms. The van der Waals surface area contributed by atoms with Crippen LogP contribution in [0, 0.1) is 5.82 Å². The quantitative estimate of drug-likeness (QED) is 0.772. The third-order valence-corrected chi connectivity index (χ3v) is 3.03. The van der Waals surface area contributed by atoms with E-state index in [1.807, 2.05) is 0 Å². The Morgan fingerprint density at radius 1 is 1.27 bits per heavy atom. The molecule has 15 heavy (non-hydrogen) atoms. The maximum Gasteiger partial charge on any atom is 0.268 e. The normalized spacial score (nSPS) is 11.2. The summed E-state index contributed by atoms with van der Waals surface area (Å²) in [5, 5.41) is 0. The average Bonchev–Trinajstić information content (AvgIpc) is 2.15. The maximum atomic E-state index is 13.3. The molecule has 0 N–H and O–H groups in total. The third kappa shape index (κ3) is 2.32. The number of rotatable bonds is 3. The van der Waals surface area contributed by atoms with E-state index >= 15 is 0 Å². The molecule has 4 nitrogen and oxygen atoms in total. The van der Waals surface area contributed by atoms with Gasteiger partial charge in [0.05, 0.1) is 14.2 Å². The van der Waals surface area contributed by atoms with Crippen molar-refractivity contribution >= 4 is 19.7 Å². The number of methoxy groups -OCH3 is 2. The number of ether oxygens (including phenoxy) is 2. The highest BCUT2D eigenvalue weighted by Gasteiger charge is 2.25. The summed E-state index contributed by atoms with van der Waals surface area (Å²) in [6, 6.07) is 2.19. The van der Waals surface area contributed by atoms with Crippen LogP contribution in [0.4, 0.5) is 4.39 Å². The minimum atomic E-state index is -4.22. The molecule has 0 aromatic heterocycles. The Bertz CT molecular complexity index is 472. The van der Waals surface area contributed by atoms with Gasteiger partial charge in [0, 0.05) is 10.7 Å². The van der Waals surface area contributed by atoms with Crippen molar-refractivity contribution in [2.24, 2.45) is 0 Å². The van der Waals surface area contributed by atoms with E-state index in [0.717, 1.165) is 6.07 Å². The van der Waals surface area contributed by atoms with E-state index < -0.39 is 19.8 Å². The van der Waals surface area contributed by atoms with Gasteiger partial charge in [0.15, 0.2) is 16.4 Å². The van der Waals surface area contributed by atoms with Gasteiger partial charge in [-0.2, -0.15) is 0 Å². The smallest absolute Gasteiger partial charge is 0.268 e. The molecule has 0 atom stereocenters. The van der Waals surface area contributed by atoms with Crippen LogP contribution < -0.4 is 9.47 Å². The van der Waals surface area contributed by atoms with Crippen molar-refractivity contribution < 1.29 is 22.3 Å². The molecule has 0 aliphatic rings. The first-order valence-electron chi connectivity index (χ1n) is 3.77. The van der Waals surface area contributed by atoms with E-state index in [9.17, 15) is 12.8 Å². The Balaban J connectivity index is 3.61. The maximum absolute atomic E-state index is 13.3. The van der Waals surface area contributed by atoms with Crippen molar-refractivity contribution in [3.63, 3.8) is 0 Å². The van der Waals surface area contributed by atoms with E-state index in [-0.39, 0.29) is 11.5 Å². The molecule has 84 valence electrons. The van der Waals surface area contributed by atoms with Gasteiger partial charge in [0.25, 0.3) is 9.05 Å². The largest absolute Gasteiger partial charge is 0.493 e. The fourth-order valence-electron chi connectivity index (χ4n) is 1.10. The lowest BCUT2D eigenvalue weighted by Gasteiger charge is -2.10. The molecule has 0 unspecified atom stereocenters. The van der Waals surface area contributed by atoms with Crippen LogP contribution in [0.2, 0.25) is 0 Å². The predicted octanol–water partition coefficient (Wildman–Crippen LogP) is 1.77. The summed E-state index contributed by atoms with van der Waals surface area (Å²) in [6.45, 7) is 0. The highest BCUT2D eigenvalue weighted by Crippen LogP contribution is 2.37. The van der Waals surface area contributed by atoms with Gasteiger partial charge in [-0.05, 0) is 12.1 Å². The lowest BCUT2D eigenvalue weighted by Crippen LogP contribution is -2.02. The number of benzene rings is 1. The predicted molar refractivity (Wildman–Crippen MR) is 52.5 cm³/mol. The minimum absolute atomic E-state index is 0.0955. The average molecular weight is 255 g/mol. The van der Waals surface area contributed by atoms with Gasteiger partial charge in [-0.25, -0.2) is 12.8 Å². The van der Waals surface area contributed by atoms with Crippen LogP contribution in [-0.2, 0) is 9.05 Å². The number of hydrogen-bond donors (Lipinski definition) is 0. The van der Waals surface area contributed by atoms with E-state index in [2.05, 4.69) is 0 Å². The van der Waals surface area contributed by atoms with Crippen LogP contribution in [0.5, 0.6) is 11.5 Å². The first kappa shape index (κ1) is 12.1. The molecular formula is C8H8ClFO4S. The monoisotopic (exact) mass is 254 g/mol. The molecule has 1 aromatic rings. The van der Waals surface area contributed by atoms with E-state index in [1.165, 1.54) is 20.3 Å². The molecule has 1 aromatic carbocycles. The first-order chi connectivity index (χ1) is 6.91. The van der Waals surface area contributed by atoms with Crippen molar-refractivity contribution in [3.05, 3.63) is 17.9 Å². The van der Waals surface area contributed by atoms with E-state index in [1.54, 1.807) is 0 Å². The summed E-state index contributed by atoms with van der Waals surface area (Å²) in [5.41, 5.74) is 0. The summed E-state index contributed by atoms with van der Waals surface area (Å²) in [4.78, 5) is -0.717. The summed E-state index contributed by atoms with van der Waals surface area (Å²) in [6.07, 6.45) is 0. The second-order valence-electron chi connectivity index (χ2n) is 2.55. The van der Waals surface area contributed by atoms with Crippen LogP contribution in [-0.4, -0.2) is 22.6 Å².